The van der Waals surface area contributed by atoms with Gasteiger partial charge in [-0.15, -0.1) is 0 Å². The van der Waals surface area contributed by atoms with Gasteiger partial charge < -0.3 is 10.5 Å². The van der Waals surface area contributed by atoms with Crippen molar-refractivity contribution in [1.29, 1.82) is 0 Å². The topological polar surface area (TPSA) is 52.3 Å². The Balaban J connectivity index is 3.35. The van der Waals surface area contributed by atoms with Gasteiger partial charge in [0.1, 0.15) is 5.75 Å². The highest BCUT2D eigenvalue weighted by molar-refractivity contribution is 6.32. The van der Waals surface area contributed by atoms with Crippen LogP contribution in [-0.4, -0.2) is 19.4 Å². The number of benzene rings is 1. The van der Waals surface area contributed by atoms with Crippen molar-refractivity contribution in [2.24, 2.45) is 5.73 Å². The Morgan fingerprint density at radius 2 is 2.12 bits per heavy atom. The molecular formula is C12H16ClNO2. The van der Waals surface area contributed by atoms with Crippen LogP contribution in [0.2, 0.25) is 5.02 Å². The molecule has 1 rings (SSSR count). The molecule has 0 radical (unpaired) electrons. The lowest BCUT2D eigenvalue weighted by Gasteiger charge is -2.13. The van der Waals surface area contributed by atoms with Gasteiger partial charge in [0.15, 0.2) is 5.78 Å². The average Bonchev–Trinajstić information content (AvgIpc) is 2.25. The normalized spacial score (nSPS) is 10.3. The lowest BCUT2D eigenvalue weighted by atomic mass is 9.99. The molecule has 88 valence electrons. The first-order valence-corrected chi connectivity index (χ1v) is 5.47. The number of hydrogen-bond acceptors (Lipinski definition) is 3. The number of carbonyl (C=O) groups excluding carboxylic acids is 1. The third-order valence-corrected chi connectivity index (χ3v) is 3.10. The van der Waals surface area contributed by atoms with Gasteiger partial charge in [0.2, 0.25) is 0 Å². The number of ether oxygens (including phenoxy) is 1. The molecule has 1 aromatic carbocycles. The smallest absolute Gasteiger partial charge is 0.168 e. The summed E-state index contributed by atoms with van der Waals surface area (Å²) in [5, 5.41) is 0.612. The predicted octanol–water partition coefficient (Wildman–Crippen LogP) is 2.50. The maximum atomic E-state index is 11.9. The molecule has 0 saturated carbocycles. The Morgan fingerprint density at radius 3 is 2.62 bits per heavy atom. The van der Waals surface area contributed by atoms with Crippen LogP contribution >= 0.6 is 11.6 Å². The summed E-state index contributed by atoms with van der Waals surface area (Å²) in [6.07, 6.45) is 0.302. The van der Waals surface area contributed by atoms with Crippen LogP contribution in [0, 0.1) is 13.8 Å². The first-order chi connectivity index (χ1) is 7.52. The van der Waals surface area contributed by atoms with Gasteiger partial charge in [-0.2, -0.15) is 0 Å². The first kappa shape index (κ1) is 13.0. The highest BCUT2D eigenvalue weighted by Gasteiger charge is 2.18. The molecule has 0 bridgehead atoms. The predicted molar refractivity (Wildman–Crippen MR) is 65.5 cm³/mol. The number of aryl methyl sites for hydroxylation is 1. The van der Waals surface area contributed by atoms with Gasteiger partial charge in [-0.1, -0.05) is 11.6 Å². The van der Waals surface area contributed by atoms with E-state index >= 15 is 0 Å². The number of halogens is 1. The van der Waals surface area contributed by atoms with E-state index in [1.165, 1.54) is 0 Å². The summed E-state index contributed by atoms with van der Waals surface area (Å²) in [5.41, 5.74) is 7.59. The van der Waals surface area contributed by atoms with Gasteiger partial charge in [0.25, 0.3) is 0 Å². The monoisotopic (exact) mass is 241 g/mol. The minimum atomic E-state index is -0.0289. The minimum absolute atomic E-state index is 0.0289. The van der Waals surface area contributed by atoms with E-state index in [1.54, 1.807) is 13.2 Å². The maximum Gasteiger partial charge on any atom is 0.168 e. The zero-order chi connectivity index (χ0) is 12.3. The number of nitrogens with two attached hydrogens (primary N) is 1. The summed E-state index contributed by atoms with van der Waals surface area (Å²) in [6, 6.07) is 1.78. The summed E-state index contributed by atoms with van der Waals surface area (Å²) in [4.78, 5) is 11.9. The third kappa shape index (κ3) is 2.36. The fourth-order valence-corrected chi connectivity index (χ4v) is 1.84. The molecule has 0 aromatic heterocycles. The van der Waals surface area contributed by atoms with Crippen LogP contribution in [0.15, 0.2) is 6.07 Å². The SMILES string of the molecule is COc1cc(C)c(Cl)c(C)c1C(=O)CCN. The lowest BCUT2D eigenvalue weighted by Crippen LogP contribution is -2.11. The van der Waals surface area contributed by atoms with Crippen molar-refractivity contribution >= 4 is 17.4 Å². The van der Waals surface area contributed by atoms with Crippen molar-refractivity contribution in [2.45, 2.75) is 20.3 Å². The van der Waals surface area contributed by atoms with Gasteiger partial charge >= 0.3 is 0 Å². The van der Waals surface area contributed by atoms with E-state index in [2.05, 4.69) is 0 Å². The number of carbonyl (C=O) groups is 1. The Kier molecular flexibility index (Phi) is 4.33. The van der Waals surface area contributed by atoms with E-state index in [1.807, 2.05) is 13.8 Å². The Bertz CT molecular complexity index is 416. The molecule has 0 spiro atoms. The molecule has 0 unspecified atom stereocenters. The molecular weight excluding hydrogens is 226 g/mol. The number of hydrogen-bond donors (Lipinski definition) is 1. The molecule has 2 N–H and O–H groups in total. The lowest BCUT2D eigenvalue weighted by molar-refractivity contribution is 0.0982. The van der Waals surface area contributed by atoms with Crippen molar-refractivity contribution < 1.29 is 9.53 Å². The zero-order valence-corrected chi connectivity index (χ0v) is 10.5. The van der Waals surface area contributed by atoms with E-state index in [4.69, 9.17) is 22.1 Å². The molecule has 0 aliphatic heterocycles. The summed E-state index contributed by atoms with van der Waals surface area (Å²) in [5.74, 6) is 0.539. The second kappa shape index (κ2) is 5.32. The maximum absolute atomic E-state index is 11.9. The first-order valence-electron chi connectivity index (χ1n) is 5.09. The van der Waals surface area contributed by atoms with Gasteiger partial charge in [-0.3, -0.25) is 4.79 Å². The van der Waals surface area contributed by atoms with E-state index in [9.17, 15) is 4.79 Å². The molecule has 0 atom stereocenters. The fourth-order valence-electron chi connectivity index (χ4n) is 1.69. The Hall–Kier alpha value is -1.06. The van der Waals surface area contributed by atoms with E-state index in [0.29, 0.717) is 29.3 Å². The number of Topliss-reactive ketones (excluding diaryl/α,β-unsaturated/α-hetero) is 1. The fraction of sp³-hybridized carbons (Fsp3) is 0.417. The summed E-state index contributed by atoms with van der Waals surface area (Å²) in [7, 11) is 1.54. The van der Waals surface area contributed by atoms with Crippen LogP contribution in [-0.2, 0) is 0 Å². The highest BCUT2D eigenvalue weighted by atomic mass is 35.5. The third-order valence-electron chi connectivity index (χ3n) is 2.51. The van der Waals surface area contributed by atoms with Crippen LogP contribution < -0.4 is 10.5 Å². The molecule has 0 amide bonds. The molecule has 16 heavy (non-hydrogen) atoms. The van der Waals surface area contributed by atoms with Crippen molar-refractivity contribution in [2.75, 3.05) is 13.7 Å². The molecule has 1 aromatic rings. The molecule has 0 heterocycles. The average molecular weight is 242 g/mol. The van der Waals surface area contributed by atoms with Gasteiger partial charge in [-0.05, 0) is 37.6 Å². The summed E-state index contributed by atoms with van der Waals surface area (Å²) >= 11 is 6.12. The molecule has 0 saturated heterocycles. The van der Waals surface area contributed by atoms with Crippen molar-refractivity contribution in [3.05, 3.63) is 27.8 Å². The molecule has 3 nitrogen and oxygen atoms in total. The zero-order valence-electron chi connectivity index (χ0n) is 9.76. The summed E-state index contributed by atoms with van der Waals surface area (Å²) < 4.78 is 5.21. The second-order valence-corrected chi connectivity index (χ2v) is 4.05. The van der Waals surface area contributed by atoms with Crippen LogP contribution in [0.3, 0.4) is 0 Å². The van der Waals surface area contributed by atoms with E-state index in [0.717, 1.165) is 11.1 Å². The molecule has 0 aliphatic rings. The van der Waals surface area contributed by atoms with Gasteiger partial charge in [0.05, 0.1) is 12.7 Å². The molecule has 4 heteroatoms. The number of ketones is 1. The van der Waals surface area contributed by atoms with Crippen molar-refractivity contribution in [3.63, 3.8) is 0 Å². The second-order valence-electron chi connectivity index (χ2n) is 3.67. The summed E-state index contributed by atoms with van der Waals surface area (Å²) in [6.45, 7) is 4.03. The number of methoxy groups -OCH3 is 1. The minimum Gasteiger partial charge on any atom is -0.496 e. The standard InChI is InChI=1S/C12H16ClNO2/c1-7-6-10(16-3)11(8(2)12(7)13)9(15)4-5-14/h6H,4-5,14H2,1-3H3. The largest absolute Gasteiger partial charge is 0.496 e. The van der Waals surface area contributed by atoms with E-state index < -0.39 is 0 Å². The van der Waals surface area contributed by atoms with E-state index in [-0.39, 0.29) is 5.78 Å². The quantitative estimate of drug-likeness (QED) is 0.824. The van der Waals surface area contributed by atoms with Crippen LogP contribution in [0.1, 0.15) is 27.9 Å². The van der Waals surface area contributed by atoms with Gasteiger partial charge in [-0.25, -0.2) is 0 Å². The Labute approximate surface area is 101 Å². The number of rotatable bonds is 4. The van der Waals surface area contributed by atoms with Gasteiger partial charge in [0, 0.05) is 11.4 Å². The van der Waals surface area contributed by atoms with Crippen molar-refractivity contribution in [3.8, 4) is 5.75 Å². The van der Waals surface area contributed by atoms with Crippen LogP contribution in [0.5, 0.6) is 5.75 Å². The highest BCUT2D eigenvalue weighted by Crippen LogP contribution is 2.32. The molecule has 0 aliphatic carbocycles. The Morgan fingerprint density at radius 1 is 1.50 bits per heavy atom. The molecule has 0 fully saturated rings. The van der Waals surface area contributed by atoms with Crippen molar-refractivity contribution in [1.82, 2.24) is 0 Å². The van der Waals surface area contributed by atoms with Crippen LogP contribution in [0.4, 0.5) is 0 Å². The van der Waals surface area contributed by atoms with Crippen LogP contribution in [0.25, 0.3) is 0 Å².